The highest BCUT2D eigenvalue weighted by Gasteiger charge is 2.26. The number of pyridine rings is 1. The van der Waals surface area contributed by atoms with E-state index in [0.29, 0.717) is 48.8 Å². The number of rotatable bonds is 3. The fraction of sp³-hybridized carbons (Fsp3) is 0.375. The molecule has 1 aliphatic rings. The number of nitrogens with zero attached hydrogens (tertiary/aromatic N) is 4. The summed E-state index contributed by atoms with van der Waals surface area (Å²) in [6.45, 7) is 3.09. The maximum atomic E-state index is 12.8. The van der Waals surface area contributed by atoms with Gasteiger partial charge >= 0.3 is 0 Å². The summed E-state index contributed by atoms with van der Waals surface area (Å²) < 4.78 is 6.89. The van der Waals surface area contributed by atoms with Crippen molar-refractivity contribution >= 4 is 5.91 Å². The number of aryl methyl sites for hydroxylation is 1. The number of carbonyl (C=O) groups is 1. The Hall–Kier alpha value is -2.70. The second-order valence-corrected chi connectivity index (χ2v) is 5.35. The minimum Gasteiger partial charge on any atom is -0.477 e. The third kappa shape index (κ3) is 2.81. The minimum atomic E-state index is -0.158. The van der Waals surface area contributed by atoms with Crippen molar-refractivity contribution in [2.75, 3.05) is 13.2 Å². The van der Waals surface area contributed by atoms with Gasteiger partial charge in [0.1, 0.15) is 5.56 Å². The molecule has 0 unspecified atom stereocenters. The van der Waals surface area contributed by atoms with Gasteiger partial charge in [0.25, 0.3) is 11.5 Å². The van der Waals surface area contributed by atoms with Crippen molar-refractivity contribution in [1.82, 2.24) is 19.4 Å². The lowest BCUT2D eigenvalue weighted by Crippen LogP contribution is -2.40. The molecule has 120 valence electrons. The Morgan fingerprint density at radius 3 is 3.00 bits per heavy atom. The van der Waals surface area contributed by atoms with Gasteiger partial charge in [-0.1, -0.05) is 0 Å². The third-order valence-electron chi connectivity index (χ3n) is 3.86. The smallest absolute Gasteiger partial charge is 0.259 e. The van der Waals surface area contributed by atoms with Gasteiger partial charge in [0.2, 0.25) is 5.88 Å². The predicted molar refractivity (Wildman–Crippen MR) is 83.3 cm³/mol. The Bertz CT molecular complexity index is 800. The zero-order valence-corrected chi connectivity index (χ0v) is 13.2. The Kier molecular flexibility index (Phi) is 4.10. The molecule has 0 N–H and O–H groups in total. The van der Waals surface area contributed by atoms with Crippen molar-refractivity contribution in [1.29, 1.82) is 0 Å². The maximum Gasteiger partial charge on any atom is 0.259 e. The van der Waals surface area contributed by atoms with Crippen LogP contribution in [0.4, 0.5) is 0 Å². The van der Waals surface area contributed by atoms with Crippen LogP contribution in [-0.2, 0) is 20.0 Å². The monoisotopic (exact) mass is 314 g/mol. The van der Waals surface area contributed by atoms with Gasteiger partial charge in [0.15, 0.2) is 0 Å². The first kappa shape index (κ1) is 15.2. The van der Waals surface area contributed by atoms with Crippen LogP contribution in [0.15, 0.2) is 29.5 Å². The van der Waals surface area contributed by atoms with Gasteiger partial charge < -0.3 is 14.2 Å². The van der Waals surface area contributed by atoms with Crippen LogP contribution in [0.25, 0.3) is 0 Å². The largest absolute Gasteiger partial charge is 0.477 e. The van der Waals surface area contributed by atoms with Gasteiger partial charge in [0.05, 0.1) is 25.2 Å². The van der Waals surface area contributed by atoms with Crippen molar-refractivity contribution in [2.24, 2.45) is 7.05 Å². The normalized spacial score (nSPS) is 13.6. The van der Waals surface area contributed by atoms with Gasteiger partial charge in [-0.25, -0.2) is 9.97 Å². The SMILES string of the molecule is CCOc1ncccc1C(=O)N1CCc2c(ncn(C)c2=O)C1. The molecular formula is C16H18N4O3. The lowest BCUT2D eigenvalue weighted by atomic mass is 10.1. The van der Waals surface area contributed by atoms with Crippen molar-refractivity contribution < 1.29 is 9.53 Å². The number of fused-ring (bicyclic) bond motifs is 1. The number of amides is 1. The lowest BCUT2D eigenvalue weighted by molar-refractivity contribution is 0.0726. The number of carbonyl (C=O) groups excluding carboxylic acids is 1. The van der Waals surface area contributed by atoms with E-state index >= 15 is 0 Å². The quantitative estimate of drug-likeness (QED) is 0.836. The Morgan fingerprint density at radius 1 is 1.39 bits per heavy atom. The molecule has 3 heterocycles. The molecule has 2 aromatic rings. The summed E-state index contributed by atoms with van der Waals surface area (Å²) >= 11 is 0. The molecule has 0 atom stereocenters. The van der Waals surface area contributed by atoms with E-state index < -0.39 is 0 Å². The molecule has 0 aliphatic carbocycles. The maximum absolute atomic E-state index is 12.8. The van der Waals surface area contributed by atoms with Crippen LogP contribution in [0.3, 0.4) is 0 Å². The van der Waals surface area contributed by atoms with Gasteiger partial charge in [0, 0.05) is 25.4 Å². The first-order valence-corrected chi connectivity index (χ1v) is 7.52. The van der Waals surface area contributed by atoms with Crippen LogP contribution in [0.2, 0.25) is 0 Å². The summed E-state index contributed by atoms with van der Waals surface area (Å²) in [6.07, 6.45) is 3.59. The first-order chi connectivity index (χ1) is 11.1. The molecule has 1 aliphatic heterocycles. The first-order valence-electron chi connectivity index (χ1n) is 7.52. The number of ether oxygens (including phenoxy) is 1. The number of hydrogen-bond donors (Lipinski definition) is 0. The van der Waals surface area contributed by atoms with E-state index in [1.54, 1.807) is 30.3 Å². The molecule has 7 nitrogen and oxygen atoms in total. The second kappa shape index (κ2) is 6.20. The Labute approximate surface area is 133 Å². The average molecular weight is 314 g/mol. The molecule has 3 rings (SSSR count). The molecule has 1 amide bonds. The van der Waals surface area contributed by atoms with E-state index in [2.05, 4.69) is 9.97 Å². The van der Waals surface area contributed by atoms with E-state index in [1.165, 1.54) is 10.9 Å². The summed E-state index contributed by atoms with van der Waals surface area (Å²) in [7, 11) is 1.68. The topological polar surface area (TPSA) is 77.3 Å². The molecule has 0 aromatic carbocycles. The fourth-order valence-corrected chi connectivity index (χ4v) is 2.67. The van der Waals surface area contributed by atoms with Crippen molar-refractivity contribution in [2.45, 2.75) is 19.9 Å². The van der Waals surface area contributed by atoms with Crippen molar-refractivity contribution in [3.63, 3.8) is 0 Å². The van der Waals surface area contributed by atoms with Gasteiger partial charge in [-0.2, -0.15) is 0 Å². The zero-order valence-electron chi connectivity index (χ0n) is 13.2. The van der Waals surface area contributed by atoms with E-state index in [9.17, 15) is 9.59 Å². The lowest BCUT2D eigenvalue weighted by Gasteiger charge is -2.28. The van der Waals surface area contributed by atoms with Crippen LogP contribution < -0.4 is 10.3 Å². The standard InChI is InChI=1S/C16H18N4O3/c1-3-23-14-12(5-4-7-17-14)16(22)20-8-6-11-13(9-20)18-10-19(2)15(11)21/h4-5,7,10H,3,6,8-9H2,1-2H3. The molecule has 23 heavy (non-hydrogen) atoms. The molecule has 2 aromatic heterocycles. The second-order valence-electron chi connectivity index (χ2n) is 5.35. The summed E-state index contributed by atoms with van der Waals surface area (Å²) in [6, 6.07) is 3.41. The highest BCUT2D eigenvalue weighted by molar-refractivity contribution is 5.96. The van der Waals surface area contributed by atoms with Crippen LogP contribution >= 0.6 is 0 Å². The van der Waals surface area contributed by atoms with E-state index in [0.717, 1.165) is 0 Å². The summed E-state index contributed by atoms with van der Waals surface area (Å²) in [5.74, 6) is 0.178. The van der Waals surface area contributed by atoms with Crippen molar-refractivity contribution in [3.8, 4) is 5.88 Å². The highest BCUT2D eigenvalue weighted by atomic mass is 16.5. The molecule has 0 fully saturated rings. The summed E-state index contributed by atoms with van der Waals surface area (Å²) in [4.78, 5) is 34.9. The van der Waals surface area contributed by atoms with E-state index in [-0.39, 0.29) is 11.5 Å². The van der Waals surface area contributed by atoms with Crippen LogP contribution in [0.5, 0.6) is 5.88 Å². The zero-order chi connectivity index (χ0) is 16.4. The molecular weight excluding hydrogens is 296 g/mol. The van der Waals surface area contributed by atoms with Crippen LogP contribution in [0.1, 0.15) is 28.5 Å². The molecule has 0 radical (unpaired) electrons. The molecule has 0 spiro atoms. The van der Waals surface area contributed by atoms with E-state index in [4.69, 9.17) is 4.74 Å². The van der Waals surface area contributed by atoms with Crippen LogP contribution in [0, 0.1) is 0 Å². The highest BCUT2D eigenvalue weighted by Crippen LogP contribution is 2.21. The Morgan fingerprint density at radius 2 is 2.22 bits per heavy atom. The van der Waals surface area contributed by atoms with Crippen LogP contribution in [-0.4, -0.2) is 38.5 Å². The van der Waals surface area contributed by atoms with Gasteiger partial charge in [-0.15, -0.1) is 0 Å². The predicted octanol–water partition coefficient (Wildman–Crippen LogP) is 0.772. The average Bonchev–Trinajstić information content (AvgIpc) is 2.58. The summed E-state index contributed by atoms with van der Waals surface area (Å²) in [5, 5.41) is 0. The number of aromatic nitrogens is 3. The number of hydrogen-bond acceptors (Lipinski definition) is 5. The van der Waals surface area contributed by atoms with Gasteiger partial charge in [-0.3, -0.25) is 9.59 Å². The fourth-order valence-electron chi connectivity index (χ4n) is 2.67. The summed E-state index contributed by atoms with van der Waals surface area (Å²) in [5.41, 5.74) is 1.74. The van der Waals surface area contributed by atoms with E-state index in [1.807, 2.05) is 6.92 Å². The third-order valence-corrected chi connectivity index (χ3v) is 3.86. The van der Waals surface area contributed by atoms with Gasteiger partial charge in [-0.05, 0) is 25.5 Å². The molecule has 0 saturated heterocycles. The van der Waals surface area contributed by atoms with Crippen molar-refractivity contribution in [3.05, 3.63) is 51.8 Å². The molecule has 7 heteroatoms. The molecule has 0 saturated carbocycles. The minimum absolute atomic E-state index is 0.0431. The Balaban J connectivity index is 1.88. The molecule has 0 bridgehead atoms.